The molecule has 0 aliphatic carbocycles. The topological polar surface area (TPSA) is 25.2 Å². The standard InChI is InChI=1S/C16H16ClNOS/c1-3-18-15(16-12(17)6-7-20-16)14-9-11-8-10(2)4-5-13(11)19-14/h4-9,15,18H,3H2,1-2H3. The van der Waals surface area contributed by atoms with E-state index in [0.717, 1.165) is 33.2 Å². The Morgan fingerprint density at radius 2 is 2.15 bits per heavy atom. The molecular formula is C16H16ClNOS. The Kier molecular flexibility index (Phi) is 3.83. The second-order valence-corrected chi connectivity index (χ2v) is 6.17. The molecule has 0 aliphatic heterocycles. The Balaban J connectivity index is 2.07. The number of nitrogens with one attached hydrogen (secondary N) is 1. The molecule has 20 heavy (non-hydrogen) atoms. The van der Waals surface area contributed by atoms with Crippen LogP contribution < -0.4 is 5.32 Å². The van der Waals surface area contributed by atoms with E-state index in [-0.39, 0.29) is 6.04 Å². The van der Waals surface area contributed by atoms with Crippen LogP contribution in [0.25, 0.3) is 11.0 Å². The number of furan rings is 1. The number of rotatable bonds is 4. The molecule has 1 atom stereocenters. The average Bonchev–Trinajstić information content (AvgIpc) is 3.01. The van der Waals surface area contributed by atoms with Gasteiger partial charge in [0.05, 0.1) is 5.02 Å². The zero-order chi connectivity index (χ0) is 14.1. The van der Waals surface area contributed by atoms with Crippen molar-refractivity contribution in [2.75, 3.05) is 6.54 Å². The predicted octanol–water partition coefficient (Wildman–Crippen LogP) is 5.16. The summed E-state index contributed by atoms with van der Waals surface area (Å²) in [4.78, 5) is 1.10. The van der Waals surface area contributed by atoms with Crippen LogP contribution in [0.2, 0.25) is 5.02 Å². The first-order valence-electron chi connectivity index (χ1n) is 6.65. The van der Waals surface area contributed by atoms with Gasteiger partial charge >= 0.3 is 0 Å². The number of hydrogen-bond acceptors (Lipinski definition) is 3. The summed E-state index contributed by atoms with van der Waals surface area (Å²) in [6.07, 6.45) is 0. The first-order chi connectivity index (χ1) is 9.69. The molecule has 0 saturated heterocycles. The summed E-state index contributed by atoms with van der Waals surface area (Å²) >= 11 is 7.92. The van der Waals surface area contributed by atoms with Crippen LogP contribution in [-0.2, 0) is 0 Å². The number of fused-ring (bicyclic) bond motifs is 1. The monoisotopic (exact) mass is 305 g/mol. The van der Waals surface area contributed by atoms with E-state index in [0.29, 0.717) is 0 Å². The van der Waals surface area contributed by atoms with E-state index >= 15 is 0 Å². The van der Waals surface area contributed by atoms with E-state index in [4.69, 9.17) is 16.0 Å². The Hall–Kier alpha value is -1.29. The second kappa shape index (κ2) is 5.60. The highest BCUT2D eigenvalue weighted by Gasteiger charge is 2.21. The van der Waals surface area contributed by atoms with Crippen molar-refractivity contribution in [3.8, 4) is 0 Å². The van der Waals surface area contributed by atoms with Crippen LogP contribution in [0.15, 0.2) is 40.1 Å². The van der Waals surface area contributed by atoms with Crippen molar-refractivity contribution in [3.05, 3.63) is 56.9 Å². The summed E-state index contributed by atoms with van der Waals surface area (Å²) in [5, 5.41) is 7.38. The van der Waals surface area contributed by atoms with Crippen molar-refractivity contribution >= 4 is 33.9 Å². The molecule has 0 spiro atoms. The molecule has 0 amide bonds. The lowest BCUT2D eigenvalue weighted by molar-refractivity contribution is 0.481. The van der Waals surface area contributed by atoms with Crippen molar-refractivity contribution in [1.82, 2.24) is 5.32 Å². The fourth-order valence-corrected chi connectivity index (χ4v) is 3.61. The third-order valence-electron chi connectivity index (χ3n) is 3.29. The Morgan fingerprint density at radius 1 is 1.30 bits per heavy atom. The lowest BCUT2D eigenvalue weighted by atomic mass is 10.1. The van der Waals surface area contributed by atoms with Gasteiger partial charge in [0.1, 0.15) is 17.4 Å². The van der Waals surface area contributed by atoms with Crippen molar-refractivity contribution < 1.29 is 4.42 Å². The van der Waals surface area contributed by atoms with Crippen LogP contribution >= 0.6 is 22.9 Å². The highest BCUT2D eigenvalue weighted by Crippen LogP contribution is 2.35. The molecule has 1 N–H and O–H groups in total. The van der Waals surface area contributed by atoms with Crippen LogP contribution in [-0.4, -0.2) is 6.54 Å². The summed E-state index contributed by atoms with van der Waals surface area (Å²) in [5.74, 6) is 0.914. The van der Waals surface area contributed by atoms with E-state index in [1.807, 2.05) is 17.5 Å². The minimum Gasteiger partial charge on any atom is -0.459 e. The van der Waals surface area contributed by atoms with Gasteiger partial charge in [-0.3, -0.25) is 0 Å². The lowest BCUT2D eigenvalue weighted by Gasteiger charge is -2.14. The number of hydrogen-bond donors (Lipinski definition) is 1. The van der Waals surface area contributed by atoms with E-state index < -0.39 is 0 Å². The summed E-state index contributed by atoms with van der Waals surface area (Å²) < 4.78 is 6.00. The van der Waals surface area contributed by atoms with E-state index in [2.05, 4.69) is 37.4 Å². The molecule has 0 radical (unpaired) electrons. The van der Waals surface area contributed by atoms with Crippen molar-refractivity contribution in [2.24, 2.45) is 0 Å². The summed E-state index contributed by atoms with van der Waals surface area (Å²) in [6, 6.07) is 10.3. The molecule has 1 aromatic carbocycles. The van der Waals surface area contributed by atoms with E-state index in [1.54, 1.807) is 11.3 Å². The van der Waals surface area contributed by atoms with Crippen LogP contribution in [0.4, 0.5) is 0 Å². The van der Waals surface area contributed by atoms with Gasteiger partial charge in [0.25, 0.3) is 0 Å². The molecule has 0 fully saturated rings. The molecule has 3 aromatic rings. The van der Waals surface area contributed by atoms with Gasteiger partial charge in [0.2, 0.25) is 0 Å². The van der Waals surface area contributed by atoms with Gasteiger partial charge in [-0.15, -0.1) is 11.3 Å². The maximum atomic E-state index is 6.27. The second-order valence-electron chi connectivity index (χ2n) is 4.81. The molecule has 0 bridgehead atoms. The molecule has 4 heteroatoms. The van der Waals surface area contributed by atoms with Crippen molar-refractivity contribution in [3.63, 3.8) is 0 Å². The number of thiophene rings is 1. The zero-order valence-corrected chi connectivity index (χ0v) is 13.0. The third-order valence-corrected chi connectivity index (χ3v) is 4.71. The largest absolute Gasteiger partial charge is 0.459 e. The minimum absolute atomic E-state index is 0.0141. The van der Waals surface area contributed by atoms with Crippen LogP contribution in [0.1, 0.15) is 29.2 Å². The van der Waals surface area contributed by atoms with Crippen LogP contribution in [0.3, 0.4) is 0 Å². The van der Waals surface area contributed by atoms with Crippen LogP contribution in [0, 0.1) is 6.92 Å². The number of aryl methyl sites for hydroxylation is 1. The summed E-state index contributed by atoms with van der Waals surface area (Å²) in [7, 11) is 0. The molecule has 0 saturated carbocycles. The van der Waals surface area contributed by atoms with Gasteiger partial charge in [-0.05, 0) is 43.1 Å². The van der Waals surface area contributed by atoms with Crippen molar-refractivity contribution in [2.45, 2.75) is 19.9 Å². The highest BCUT2D eigenvalue weighted by molar-refractivity contribution is 7.10. The molecule has 2 nitrogen and oxygen atoms in total. The smallest absolute Gasteiger partial charge is 0.134 e. The van der Waals surface area contributed by atoms with Gasteiger partial charge < -0.3 is 9.73 Å². The average molecular weight is 306 g/mol. The maximum absolute atomic E-state index is 6.27. The van der Waals surface area contributed by atoms with Gasteiger partial charge in [-0.2, -0.15) is 0 Å². The summed E-state index contributed by atoms with van der Waals surface area (Å²) in [5.41, 5.74) is 2.15. The fraction of sp³-hybridized carbons (Fsp3) is 0.250. The first-order valence-corrected chi connectivity index (χ1v) is 7.91. The quantitative estimate of drug-likeness (QED) is 0.720. The van der Waals surface area contributed by atoms with Gasteiger partial charge in [-0.25, -0.2) is 0 Å². The fourth-order valence-electron chi connectivity index (χ4n) is 2.36. The molecular weight excluding hydrogens is 290 g/mol. The minimum atomic E-state index is 0.0141. The Labute approximate surface area is 127 Å². The van der Waals surface area contributed by atoms with Gasteiger partial charge in [0.15, 0.2) is 0 Å². The molecule has 2 heterocycles. The molecule has 1 unspecified atom stereocenters. The third kappa shape index (κ3) is 2.49. The van der Waals surface area contributed by atoms with E-state index in [9.17, 15) is 0 Å². The number of benzene rings is 1. The lowest BCUT2D eigenvalue weighted by Crippen LogP contribution is -2.20. The van der Waals surface area contributed by atoms with Gasteiger partial charge in [-0.1, -0.05) is 30.2 Å². The van der Waals surface area contributed by atoms with Gasteiger partial charge in [0, 0.05) is 10.3 Å². The first kappa shape index (κ1) is 13.7. The number of halogens is 1. The Morgan fingerprint density at radius 3 is 2.85 bits per heavy atom. The molecule has 0 aliphatic rings. The normalized spacial score (nSPS) is 12.9. The van der Waals surface area contributed by atoms with E-state index in [1.165, 1.54) is 5.56 Å². The highest BCUT2D eigenvalue weighted by atomic mass is 35.5. The SMILES string of the molecule is CCNC(c1cc2cc(C)ccc2o1)c1sccc1Cl. The molecule has 2 aromatic heterocycles. The molecule has 104 valence electrons. The van der Waals surface area contributed by atoms with Crippen LogP contribution in [0.5, 0.6) is 0 Å². The predicted molar refractivity (Wildman–Crippen MR) is 85.8 cm³/mol. The zero-order valence-electron chi connectivity index (χ0n) is 11.4. The maximum Gasteiger partial charge on any atom is 0.134 e. The molecule has 3 rings (SSSR count). The van der Waals surface area contributed by atoms with Crippen molar-refractivity contribution in [1.29, 1.82) is 0 Å². The summed E-state index contributed by atoms with van der Waals surface area (Å²) in [6.45, 7) is 5.03. The Bertz CT molecular complexity index is 731.